The van der Waals surface area contributed by atoms with Crippen LogP contribution in [0.3, 0.4) is 0 Å². The SMILES string of the molecule is CCCC(C(CCC)N(C)c1ccccc1)N(C)c1ccccc1. The van der Waals surface area contributed by atoms with Crippen LogP contribution < -0.4 is 9.80 Å². The first-order valence-corrected chi connectivity index (χ1v) is 9.24. The lowest BCUT2D eigenvalue weighted by atomic mass is 9.95. The quantitative estimate of drug-likeness (QED) is 0.592. The average molecular weight is 325 g/mol. The number of para-hydroxylation sites is 2. The number of likely N-dealkylation sites (N-methyl/N-ethyl adjacent to an activating group) is 2. The second-order valence-corrected chi connectivity index (χ2v) is 6.60. The number of anilines is 2. The summed E-state index contributed by atoms with van der Waals surface area (Å²) in [5, 5.41) is 0. The van der Waals surface area contributed by atoms with Gasteiger partial charge in [0.1, 0.15) is 0 Å². The molecule has 0 N–H and O–H groups in total. The predicted molar refractivity (Wildman–Crippen MR) is 107 cm³/mol. The fourth-order valence-corrected chi connectivity index (χ4v) is 3.59. The van der Waals surface area contributed by atoms with E-state index in [0.29, 0.717) is 12.1 Å². The lowest BCUT2D eigenvalue weighted by Crippen LogP contribution is -2.49. The van der Waals surface area contributed by atoms with Crippen LogP contribution in [0.1, 0.15) is 39.5 Å². The highest BCUT2D eigenvalue weighted by molar-refractivity contribution is 5.50. The molecule has 0 fully saturated rings. The second kappa shape index (κ2) is 9.36. The van der Waals surface area contributed by atoms with Gasteiger partial charge in [-0.1, -0.05) is 63.1 Å². The lowest BCUT2D eigenvalue weighted by molar-refractivity contribution is 0.431. The maximum Gasteiger partial charge on any atom is 0.0490 e. The van der Waals surface area contributed by atoms with E-state index in [-0.39, 0.29) is 0 Å². The van der Waals surface area contributed by atoms with Crippen LogP contribution >= 0.6 is 0 Å². The van der Waals surface area contributed by atoms with Gasteiger partial charge in [-0.05, 0) is 37.1 Å². The van der Waals surface area contributed by atoms with Gasteiger partial charge < -0.3 is 9.80 Å². The van der Waals surface area contributed by atoms with Crippen molar-refractivity contribution in [2.24, 2.45) is 0 Å². The molecular weight excluding hydrogens is 292 g/mol. The van der Waals surface area contributed by atoms with E-state index in [4.69, 9.17) is 0 Å². The Balaban J connectivity index is 2.29. The summed E-state index contributed by atoms with van der Waals surface area (Å²) in [5.41, 5.74) is 2.61. The Morgan fingerprint density at radius 3 is 1.25 bits per heavy atom. The number of benzene rings is 2. The Kier molecular flexibility index (Phi) is 7.17. The van der Waals surface area contributed by atoms with Crippen LogP contribution in [0.2, 0.25) is 0 Å². The molecule has 2 unspecified atom stereocenters. The van der Waals surface area contributed by atoms with Crippen molar-refractivity contribution in [1.82, 2.24) is 0 Å². The van der Waals surface area contributed by atoms with Gasteiger partial charge in [-0.2, -0.15) is 0 Å². The van der Waals surface area contributed by atoms with Gasteiger partial charge >= 0.3 is 0 Å². The molecule has 0 aliphatic rings. The molecule has 2 heteroatoms. The van der Waals surface area contributed by atoms with Gasteiger partial charge in [-0.25, -0.2) is 0 Å². The van der Waals surface area contributed by atoms with E-state index in [1.54, 1.807) is 0 Å². The monoisotopic (exact) mass is 324 g/mol. The molecule has 0 aliphatic carbocycles. The van der Waals surface area contributed by atoms with Gasteiger partial charge in [0.25, 0.3) is 0 Å². The molecule has 2 nitrogen and oxygen atoms in total. The zero-order chi connectivity index (χ0) is 17.4. The molecule has 0 saturated carbocycles. The maximum atomic E-state index is 2.48. The van der Waals surface area contributed by atoms with Crippen molar-refractivity contribution < 1.29 is 0 Å². The van der Waals surface area contributed by atoms with Gasteiger partial charge in [0.05, 0.1) is 0 Å². The summed E-state index contributed by atoms with van der Waals surface area (Å²) in [5.74, 6) is 0. The normalized spacial score (nSPS) is 13.3. The van der Waals surface area contributed by atoms with Crippen molar-refractivity contribution in [3.05, 3.63) is 60.7 Å². The Morgan fingerprint density at radius 1 is 0.625 bits per heavy atom. The van der Waals surface area contributed by atoms with E-state index >= 15 is 0 Å². The number of nitrogens with zero attached hydrogens (tertiary/aromatic N) is 2. The predicted octanol–water partition coefficient (Wildman–Crippen LogP) is 5.60. The summed E-state index contributed by atoms with van der Waals surface area (Å²) in [6.45, 7) is 4.58. The third kappa shape index (κ3) is 4.53. The number of rotatable bonds is 9. The van der Waals surface area contributed by atoms with Crippen molar-refractivity contribution in [2.45, 2.75) is 51.6 Å². The van der Waals surface area contributed by atoms with Gasteiger partial charge in [-0.15, -0.1) is 0 Å². The fourth-order valence-electron chi connectivity index (χ4n) is 3.59. The summed E-state index contributed by atoms with van der Waals surface area (Å²) < 4.78 is 0. The standard InChI is InChI=1S/C22H32N2/c1-5-13-21(23(3)19-15-9-7-10-16-19)22(14-6-2)24(4)20-17-11-8-12-18-20/h7-12,15-18,21-22H,5-6,13-14H2,1-4H3. The van der Waals surface area contributed by atoms with Crippen LogP contribution in [0.25, 0.3) is 0 Å². The van der Waals surface area contributed by atoms with E-state index in [1.165, 1.54) is 37.1 Å². The molecule has 24 heavy (non-hydrogen) atoms. The molecule has 130 valence electrons. The molecule has 2 atom stereocenters. The topological polar surface area (TPSA) is 6.48 Å². The molecule has 0 radical (unpaired) electrons. The van der Waals surface area contributed by atoms with Gasteiger partial charge in [0.15, 0.2) is 0 Å². The molecule has 0 aliphatic heterocycles. The summed E-state index contributed by atoms with van der Waals surface area (Å²) in [4.78, 5) is 4.95. The van der Waals surface area contributed by atoms with E-state index in [9.17, 15) is 0 Å². The first-order chi connectivity index (χ1) is 11.7. The van der Waals surface area contributed by atoms with Crippen LogP contribution in [0.5, 0.6) is 0 Å². The lowest BCUT2D eigenvalue weighted by Gasteiger charge is -2.42. The molecule has 0 aromatic heterocycles. The van der Waals surface area contributed by atoms with Crippen molar-refractivity contribution in [1.29, 1.82) is 0 Å². The van der Waals surface area contributed by atoms with Crippen LogP contribution in [0.4, 0.5) is 11.4 Å². The van der Waals surface area contributed by atoms with E-state index in [1.807, 2.05) is 0 Å². The zero-order valence-electron chi connectivity index (χ0n) is 15.7. The van der Waals surface area contributed by atoms with Gasteiger partial charge in [0, 0.05) is 37.6 Å². The molecule has 0 amide bonds. The molecule has 2 aromatic rings. The molecule has 0 saturated heterocycles. The maximum absolute atomic E-state index is 2.48. The van der Waals surface area contributed by atoms with Gasteiger partial charge in [0.2, 0.25) is 0 Å². The Labute approximate surface area is 148 Å². The fraction of sp³-hybridized carbons (Fsp3) is 0.455. The summed E-state index contributed by atoms with van der Waals surface area (Å²) in [7, 11) is 4.49. The van der Waals surface area contributed by atoms with E-state index in [2.05, 4.69) is 98.4 Å². The first kappa shape index (κ1) is 18.4. The second-order valence-electron chi connectivity index (χ2n) is 6.60. The minimum absolute atomic E-state index is 0.502. The molecule has 2 aromatic carbocycles. The van der Waals surface area contributed by atoms with Crippen LogP contribution in [0.15, 0.2) is 60.7 Å². The number of hydrogen-bond acceptors (Lipinski definition) is 2. The third-order valence-corrected chi connectivity index (χ3v) is 4.93. The van der Waals surface area contributed by atoms with E-state index < -0.39 is 0 Å². The number of hydrogen-bond donors (Lipinski definition) is 0. The highest BCUT2D eigenvalue weighted by Gasteiger charge is 2.28. The first-order valence-electron chi connectivity index (χ1n) is 9.24. The Morgan fingerprint density at radius 2 is 0.958 bits per heavy atom. The largest absolute Gasteiger partial charge is 0.370 e. The third-order valence-electron chi connectivity index (χ3n) is 4.93. The summed E-state index contributed by atoms with van der Waals surface area (Å²) >= 11 is 0. The van der Waals surface area contributed by atoms with Crippen molar-refractivity contribution in [2.75, 3.05) is 23.9 Å². The molecular formula is C22H32N2. The van der Waals surface area contributed by atoms with Crippen molar-refractivity contribution in [3.8, 4) is 0 Å². The molecule has 0 bridgehead atoms. The highest BCUT2D eigenvalue weighted by Crippen LogP contribution is 2.27. The molecule has 2 rings (SSSR count). The average Bonchev–Trinajstić information content (AvgIpc) is 2.65. The minimum Gasteiger partial charge on any atom is -0.370 e. The molecule has 0 heterocycles. The molecule has 0 spiro atoms. The van der Waals surface area contributed by atoms with Crippen molar-refractivity contribution >= 4 is 11.4 Å². The van der Waals surface area contributed by atoms with E-state index in [0.717, 1.165) is 0 Å². The Hall–Kier alpha value is -1.96. The minimum atomic E-state index is 0.502. The smallest absolute Gasteiger partial charge is 0.0490 e. The van der Waals surface area contributed by atoms with Crippen LogP contribution in [-0.4, -0.2) is 26.2 Å². The van der Waals surface area contributed by atoms with Crippen LogP contribution in [-0.2, 0) is 0 Å². The highest BCUT2D eigenvalue weighted by atomic mass is 15.2. The summed E-state index contributed by atoms with van der Waals surface area (Å²) in [6, 6.07) is 22.6. The summed E-state index contributed by atoms with van der Waals surface area (Å²) in [6.07, 6.45) is 4.80. The van der Waals surface area contributed by atoms with Gasteiger partial charge in [-0.3, -0.25) is 0 Å². The van der Waals surface area contributed by atoms with Crippen molar-refractivity contribution in [3.63, 3.8) is 0 Å². The zero-order valence-corrected chi connectivity index (χ0v) is 15.7. The Bertz CT molecular complexity index is 514. The van der Waals surface area contributed by atoms with Crippen LogP contribution in [0, 0.1) is 0 Å².